The van der Waals surface area contributed by atoms with Crippen LogP contribution in [0.3, 0.4) is 0 Å². The Balaban J connectivity index is 0.00000243. The van der Waals surface area contributed by atoms with Gasteiger partial charge in [-0.25, -0.2) is 0 Å². The molecule has 5 heteroatoms. The fraction of sp³-hybridized carbons (Fsp3) is 0.381. The number of benzene rings is 2. The SMILES string of the molecule is CC(NC(=O)[C@H]1CCN[C@@H](C)C1)c1ccc(Oc2ccccc2)cc1.Cl. The van der Waals surface area contributed by atoms with Crippen LogP contribution < -0.4 is 15.4 Å². The maximum Gasteiger partial charge on any atom is 0.223 e. The van der Waals surface area contributed by atoms with Crippen LogP contribution in [0.2, 0.25) is 0 Å². The van der Waals surface area contributed by atoms with Crippen molar-refractivity contribution in [2.75, 3.05) is 6.54 Å². The highest BCUT2D eigenvalue weighted by atomic mass is 35.5. The minimum Gasteiger partial charge on any atom is -0.457 e. The number of amides is 1. The van der Waals surface area contributed by atoms with Gasteiger partial charge in [-0.1, -0.05) is 30.3 Å². The first-order chi connectivity index (χ1) is 12.1. The molecule has 1 fully saturated rings. The van der Waals surface area contributed by atoms with Crippen molar-refractivity contribution in [3.05, 3.63) is 60.2 Å². The Kier molecular flexibility index (Phi) is 7.49. The number of carbonyl (C=O) groups is 1. The molecule has 0 bridgehead atoms. The van der Waals surface area contributed by atoms with Crippen LogP contribution in [0, 0.1) is 5.92 Å². The molecule has 26 heavy (non-hydrogen) atoms. The molecule has 2 aromatic rings. The van der Waals surface area contributed by atoms with Gasteiger partial charge in [-0.3, -0.25) is 4.79 Å². The minimum absolute atomic E-state index is 0. The van der Waals surface area contributed by atoms with Gasteiger partial charge in [-0.05, 0) is 63.1 Å². The molecule has 0 aromatic heterocycles. The number of ether oxygens (including phenoxy) is 1. The molecule has 0 aliphatic carbocycles. The summed E-state index contributed by atoms with van der Waals surface area (Å²) in [7, 11) is 0. The Bertz CT molecular complexity index is 691. The van der Waals surface area contributed by atoms with Crippen molar-refractivity contribution < 1.29 is 9.53 Å². The van der Waals surface area contributed by atoms with Crippen LogP contribution in [0.4, 0.5) is 0 Å². The molecular weight excluding hydrogens is 348 g/mol. The van der Waals surface area contributed by atoms with E-state index in [0.29, 0.717) is 6.04 Å². The summed E-state index contributed by atoms with van der Waals surface area (Å²) in [6.45, 7) is 5.07. The van der Waals surface area contributed by atoms with E-state index in [2.05, 4.69) is 17.6 Å². The smallest absolute Gasteiger partial charge is 0.223 e. The molecule has 1 amide bonds. The lowest BCUT2D eigenvalue weighted by atomic mass is 9.92. The van der Waals surface area contributed by atoms with Gasteiger partial charge in [0.05, 0.1) is 6.04 Å². The summed E-state index contributed by atoms with van der Waals surface area (Å²) < 4.78 is 5.81. The molecular formula is C21H27ClN2O2. The van der Waals surface area contributed by atoms with Crippen molar-refractivity contribution in [1.29, 1.82) is 0 Å². The lowest BCUT2D eigenvalue weighted by Gasteiger charge is -2.28. The molecule has 2 N–H and O–H groups in total. The molecule has 0 saturated carbocycles. The second-order valence-electron chi connectivity index (χ2n) is 6.79. The van der Waals surface area contributed by atoms with Gasteiger partial charge in [0.15, 0.2) is 0 Å². The van der Waals surface area contributed by atoms with Crippen molar-refractivity contribution >= 4 is 18.3 Å². The van der Waals surface area contributed by atoms with Crippen molar-refractivity contribution in [2.45, 2.75) is 38.8 Å². The normalized spacial score (nSPS) is 20.5. The van der Waals surface area contributed by atoms with Crippen molar-refractivity contribution in [3.63, 3.8) is 0 Å². The molecule has 3 rings (SSSR count). The van der Waals surface area contributed by atoms with E-state index in [1.165, 1.54) is 0 Å². The third kappa shape index (κ3) is 5.48. The summed E-state index contributed by atoms with van der Waals surface area (Å²) in [4.78, 5) is 12.5. The summed E-state index contributed by atoms with van der Waals surface area (Å²) in [6.07, 6.45) is 1.81. The van der Waals surface area contributed by atoms with Crippen molar-refractivity contribution in [3.8, 4) is 11.5 Å². The Morgan fingerprint density at radius 1 is 1.12 bits per heavy atom. The van der Waals surface area contributed by atoms with Gasteiger partial charge < -0.3 is 15.4 Å². The predicted molar refractivity (Wildman–Crippen MR) is 107 cm³/mol. The first kappa shape index (κ1) is 20.3. The summed E-state index contributed by atoms with van der Waals surface area (Å²) in [5.41, 5.74) is 1.08. The van der Waals surface area contributed by atoms with Gasteiger partial charge in [0.1, 0.15) is 11.5 Å². The molecule has 1 aliphatic rings. The molecule has 0 radical (unpaired) electrons. The number of para-hydroxylation sites is 1. The van der Waals surface area contributed by atoms with E-state index < -0.39 is 0 Å². The van der Waals surface area contributed by atoms with Gasteiger partial charge in [0.2, 0.25) is 5.91 Å². The molecule has 1 heterocycles. The lowest BCUT2D eigenvalue weighted by Crippen LogP contribution is -2.42. The van der Waals surface area contributed by atoms with Crippen LogP contribution in [0.1, 0.15) is 38.3 Å². The fourth-order valence-electron chi connectivity index (χ4n) is 3.23. The van der Waals surface area contributed by atoms with Gasteiger partial charge in [-0.2, -0.15) is 0 Å². The molecule has 1 unspecified atom stereocenters. The highest BCUT2D eigenvalue weighted by Crippen LogP contribution is 2.24. The van der Waals surface area contributed by atoms with E-state index >= 15 is 0 Å². The number of hydrogen-bond acceptors (Lipinski definition) is 3. The van der Waals surface area contributed by atoms with Crippen LogP contribution >= 0.6 is 12.4 Å². The minimum atomic E-state index is -0.0107. The Morgan fingerprint density at radius 3 is 2.42 bits per heavy atom. The second-order valence-corrected chi connectivity index (χ2v) is 6.79. The fourth-order valence-corrected chi connectivity index (χ4v) is 3.23. The van der Waals surface area contributed by atoms with Crippen LogP contribution in [-0.4, -0.2) is 18.5 Å². The number of halogens is 1. The predicted octanol–water partition coefficient (Wildman–Crippen LogP) is 4.47. The first-order valence-electron chi connectivity index (χ1n) is 8.98. The van der Waals surface area contributed by atoms with Crippen LogP contribution in [0.25, 0.3) is 0 Å². The van der Waals surface area contributed by atoms with Crippen molar-refractivity contribution in [1.82, 2.24) is 10.6 Å². The lowest BCUT2D eigenvalue weighted by molar-refractivity contribution is -0.126. The summed E-state index contributed by atoms with van der Waals surface area (Å²) in [5, 5.41) is 6.53. The van der Waals surface area contributed by atoms with E-state index in [9.17, 15) is 4.79 Å². The van der Waals surface area contributed by atoms with E-state index in [-0.39, 0.29) is 30.3 Å². The largest absolute Gasteiger partial charge is 0.457 e. The summed E-state index contributed by atoms with van der Waals surface area (Å²) in [6, 6.07) is 18.0. The number of piperidine rings is 1. The molecule has 140 valence electrons. The molecule has 3 atom stereocenters. The van der Waals surface area contributed by atoms with E-state index in [0.717, 1.165) is 36.4 Å². The highest BCUT2D eigenvalue weighted by Gasteiger charge is 2.25. The highest BCUT2D eigenvalue weighted by molar-refractivity contribution is 5.85. The molecule has 4 nitrogen and oxygen atoms in total. The van der Waals surface area contributed by atoms with Gasteiger partial charge in [-0.15, -0.1) is 12.4 Å². The Hall–Kier alpha value is -2.04. The average Bonchev–Trinajstić information content (AvgIpc) is 2.63. The zero-order valence-electron chi connectivity index (χ0n) is 15.3. The molecule has 2 aromatic carbocycles. The average molecular weight is 375 g/mol. The maximum absolute atomic E-state index is 12.5. The van der Waals surface area contributed by atoms with Crippen LogP contribution in [-0.2, 0) is 4.79 Å². The van der Waals surface area contributed by atoms with Gasteiger partial charge in [0, 0.05) is 12.0 Å². The third-order valence-electron chi connectivity index (χ3n) is 4.71. The summed E-state index contributed by atoms with van der Waals surface area (Å²) >= 11 is 0. The van der Waals surface area contributed by atoms with Crippen molar-refractivity contribution in [2.24, 2.45) is 5.92 Å². The topological polar surface area (TPSA) is 50.4 Å². The zero-order chi connectivity index (χ0) is 17.6. The number of rotatable bonds is 5. The second kappa shape index (κ2) is 9.60. The maximum atomic E-state index is 12.5. The Labute approximate surface area is 161 Å². The third-order valence-corrected chi connectivity index (χ3v) is 4.71. The van der Waals surface area contributed by atoms with Gasteiger partial charge in [0.25, 0.3) is 0 Å². The molecule has 0 spiro atoms. The molecule has 1 aliphatic heterocycles. The first-order valence-corrected chi connectivity index (χ1v) is 8.98. The van der Waals surface area contributed by atoms with E-state index in [1.807, 2.05) is 61.5 Å². The molecule has 1 saturated heterocycles. The monoisotopic (exact) mass is 374 g/mol. The zero-order valence-corrected chi connectivity index (χ0v) is 16.1. The summed E-state index contributed by atoms with van der Waals surface area (Å²) in [5.74, 6) is 1.88. The number of hydrogen-bond donors (Lipinski definition) is 2. The standard InChI is InChI=1S/C21H26N2O2.ClH/c1-15-14-18(12-13-22-15)21(24)23-16(2)17-8-10-20(11-9-17)25-19-6-4-3-5-7-19;/h3-11,15-16,18,22H,12-14H2,1-2H3,(H,23,24);1H/t15-,16?,18-;/m0./s1. The number of nitrogens with one attached hydrogen (secondary N) is 2. The Morgan fingerprint density at radius 2 is 1.77 bits per heavy atom. The van der Waals surface area contributed by atoms with Gasteiger partial charge >= 0.3 is 0 Å². The quantitative estimate of drug-likeness (QED) is 0.812. The van der Waals surface area contributed by atoms with Crippen LogP contribution in [0.5, 0.6) is 11.5 Å². The van der Waals surface area contributed by atoms with Crippen LogP contribution in [0.15, 0.2) is 54.6 Å². The van der Waals surface area contributed by atoms with E-state index in [4.69, 9.17) is 4.74 Å². The number of carbonyl (C=O) groups excluding carboxylic acids is 1. The van der Waals surface area contributed by atoms with E-state index in [1.54, 1.807) is 0 Å².